The fourth-order valence-electron chi connectivity index (χ4n) is 2.72. The molecule has 1 aliphatic rings. The Morgan fingerprint density at radius 2 is 1.39 bits per heavy atom. The van der Waals surface area contributed by atoms with Crippen molar-refractivity contribution >= 4 is 14.8 Å². The van der Waals surface area contributed by atoms with Gasteiger partial charge in [-0.25, -0.2) is 0 Å². The number of hydrogen-bond acceptors (Lipinski definition) is 7. The zero-order chi connectivity index (χ0) is 17.1. The molecule has 0 N–H and O–H groups in total. The molecule has 8 heteroatoms. The van der Waals surface area contributed by atoms with E-state index in [1.807, 2.05) is 20.8 Å². The third-order valence-electron chi connectivity index (χ3n) is 3.83. The van der Waals surface area contributed by atoms with Crippen LogP contribution in [0.5, 0.6) is 0 Å². The number of nitrogens with zero attached hydrogens (tertiary/aromatic N) is 2. The number of methoxy groups -OCH3 is 1. The molecule has 0 amide bonds. The van der Waals surface area contributed by atoms with Crippen LogP contribution in [0.2, 0.25) is 0 Å². The summed E-state index contributed by atoms with van der Waals surface area (Å²) in [5, 5.41) is 0. The first kappa shape index (κ1) is 20.5. The van der Waals surface area contributed by atoms with E-state index in [0.717, 1.165) is 38.9 Å². The molecule has 0 aliphatic carbocycles. The fourth-order valence-corrected chi connectivity index (χ4v) is 5.43. The normalized spacial score (nSPS) is 17.4. The summed E-state index contributed by atoms with van der Waals surface area (Å²) in [6.07, 6.45) is 1.18. The van der Waals surface area contributed by atoms with Gasteiger partial charge in [0, 0.05) is 52.5 Å². The van der Waals surface area contributed by atoms with Gasteiger partial charge in [0.1, 0.15) is 0 Å². The molecule has 0 aromatic carbocycles. The maximum absolute atomic E-state index is 11.2. The summed E-state index contributed by atoms with van der Waals surface area (Å²) in [7, 11) is -1.18. The molecule has 0 atom stereocenters. The van der Waals surface area contributed by atoms with Crippen molar-refractivity contribution in [3.8, 4) is 0 Å². The zero-order valence-electron chi connectivity index (χ0n) is 15.0. The van der Waals surface area contributed by atoms with Crippen LogP contribution in [0.1, 0.15) is 27.2 Å². The number of rotatable bonds is 11. The Balaban J connectivity index is 2.46. The van der Waals surface area contributed by atoms with Crippen LogP contribution in [0.3, 0.4) is 0 Å². The van der Waals surface area contributed by atoms with Crippen molar-refractivity contribution in [2.75, 3.05) is 65.8 Å². The Labute approximate surface area is 141 Å². The highest BCUT2D eigenvalue weighted by Gasteiger charge is 2.42. The molecular weight excluding hydrogens is 316 g/mol. The SMILES string of the molecule is CCO[Si](CN1CCN(CCC(=O)OC)CC1)(OCC)OCC. The Bertz CT molecular complexity index is 321. The van der Waals surface area contributed by atoms with Gasteiger partial charge >= 0.3 is 14.8 Å². The van der Waals surface area contributed by atoms with Crippen LogP contribution in [0.25, 0.3) is 0 Å². The standard InChI is InChI=1S/C15H32N2O5Si/c1-5-20-23(21-6-2,22-7-3)14-17-12-10-16(11-13-17)9-8-15(18)19-4/h5-14H2,1-4H3. The van der Waals surface area contributed by atoms with E-state index in [4.69, 9.17) is 13.3 Å². The summed E-state index contributed by atoms with van der Waals surface area (Å²) >= 11 is 0. The van der Waals surface area contributed by atoms with E-state index >= 15 is 0 Å². The lowest BCUT2D eigenvalue weighted by atomic mass is 10.3. The van der Waals surface area contributed by atoms with Crippen LogP contribution in [-0.2, 0) is 22.8 Å². The van der Waals surface area contributed by atoms with Crippen molar-refractivity contribution in [1.82, 2.24) is 9.80 Å². The second-order valence-electron chi connectivity index (χ2n) is 5.43. The molecule has 1 aliphatic heterocycles. The van der Waals surface area contributed by atoms with Crippen molar-refractivity contribution < 1.29 is 22.8 Å². The first-order chi connectivity index (χ1) is 11.1. The first-order valence-corrected chi connectivity index (χ1v) is 10.5. The zero-order valence-corrected chi connectivity index (χ0v) is 16.0. The summed E-state index contributed by atoms with van der Waals surface area (Å²) < 4.78 is 22.4. The van der Waals surface area contributed by atoms with Gasteiger partial charge in [-0.15, -0.1) is 0 Å². The molecule has 0 aromatic heterocycles. The van der Waals surface area contributed by atoms with E-state index in [9.17, 15) is 4.79 Å². The highest BCUT2D eigenvalue weighted by atomic mass is 28.4. The maximum Gasteiger partial charge on any atom is 0.515 e. The number of hydrogen-bond donors (Lipinski definition) is 0. The van der Waals surface area contributed by atoms with Crippen LogP contribution in [0, 0.1) is 0 Å². The van der Waals surface area contributed by atoms with Crippen molar-refractivity contribution in [3.63, 3.8) is 0 Å². The van der Waals surface area contributed by atoms with E-state index in [1.165, 1.54) is 7.11 Å². The van der Waals surface area contributed by atoms with Gasteiger partial charge in [-0.2, -0.15) is 0 Å². The molecule has 7 nitrogen and oxygen atoms in total. The van der Waals surface area contributed by atoms with Gasteiger partial charge in [-0.1, -0.05) is 0 Å². The third kappa shape index (κ3) is 7.28. The average Bonchev–Trinajstić information content (AvgIpc) is 2.54. The first-order valence-electron chi connectivity index (χ1n) is 8.52. The monoisotopic (exact) mass is 348 g/mol. The summed E-state index contributed by atoms with van der Waals surface area (Å²) in [5.74, 6) is -0.150. The third-order valence-corrected chi connectivity index (χ3v) is 6.85. The summed E-state index contributed by atoms with van der Waals surface area (Å²) in [5.41, 5.74) is 0. The molecule has 0 spiro atoms. The Kier molecular flexibility index (Phi) is 9.92. The quantitative estimate of drug-likeness (QED) is 0.403. The summed E-state index contributed by atoms with van der Waals surface area (Å²) in [4.78, 5) is 15.9. The van der Waals surface area contributed by atoms with Crippen LogP contribution in [0.15, 0.2) is 0 Å². The van der Waals surface area contributed by atoms with Gasteiger partial charge in [-0.3, -0.25) is 9.69 Å². The van der Waals surface area contributed by atoms with Crippen LogP contribution >= 0.6 is 0 Å². The predicted octanol–water partition coefficient (Wildman–Crippen LogP) is 0.755. The molecular formula is C15H32N2O5Si. The van der Waals surface area contributed by atoms with Crippen LogP contribution in [-0.4, -0.2) is 90.4 Å². The van der Waals surface area contributed by atoms with Gasteiger partial charge in [0.2, 0.25) is 0 Å². The smallest absolute Gasteiger partial charge is 0.469 e. The minimum Gasteiger partial charge on any atom is -0.469 e. The lowest BCUT2D eigenvalue weighted by Gasteiger charge is -2.38. The highest BCUT2D eigenvalue weighted by molar-refractivity contribution is 6.60. The Morgan fingerprint density at radius 1 is 0.913 bits per heavy atom. The molecule has 0 saturated carbocycles. The van der Waals surface area contributed by atoms with Crippen LogP contribution < -0.4 is 0 Å². The molecule has 136 valence electrons. The van der Waals surface area contributed by atoms with Crippen LogP contribution in [0.4, 0.5) is 0 Å². The van der Waals surface area contributed by atoms with E-state index in [-0.39, 0.29) is 5.97 Å². The Morgan fingerprint density at radius 3 is 1.83 bits per heavy atom. The Hall–Kier alpha value is -0.513. The highest BCUT2D eigenvalue weighted by Crippen LogP contribution is 2.14. The molecule has 1 heterocycles. The van der Waals surface area contributed by atoms with Gasteiger partial charge in [0.15, 0.2) is 0 Å². The lowest BCUT2D eigenvalue weighted by molar-refractivity contribution is -0.141. The maximum atomic E-state index is 11.2. The summed E-state index contributed by atoms with van der Waals surface area (Å²) in [6, 6.07) is 0. The minimum atomic E-state index is -2.61. The predicted molar refractivity (Wildman–Crippen MR) is 90.1 cm³/mol. The molecule has 23 heavy (non-hydrogen) atoms. The van der Waals surface area contributed by atoms with E-state index in [1.54, 1.807) is 0 Å². The molecule has 1 fully saturated rings. The van der Waals surface area contributed by atoms with E-state index in [0.29, 0.717) is 26.2 Å². The van der Waals surface area contributed by atoms with Gasteiger partial charge in [0.25, 0.3) is 0 Å². The van der Waals surface area contributed by atoms with Crippen molar-refractivity contribution in [2.24, 2.45) is 0 Å². The topological polar surface area (TPSA) is 60.5 Å². The summed E-state index contributed by atoms with van der Waals surface area (Å²) in [6.45, 7) is 12.2. The molecule has 0 aromatic rings. The number of carbonyl (C=O) groups excluding carboxylic acids is 1. The van der Waals surface area contributed by atoms with Gasteiger partial charge in [-0.05, 0) is 20.8 Å². The molecule has 1 rings (SSSR count). The van der Waals surface area contributed by atoms with Crippen molar-refractivity contribution in [1.29, 1.82) is 0 Å². The number of piperazine rings is 1. The second kappa shape index (κ2) is 11.1. The van der Waals surface area contributed by atoms with Gasteiger partial charge in [0.05, 0.1) is 19.7 Å². The van der Waals surface area contributed by atoms with E-state index < -0.39 is 8.80 Å². The molecule has 0 radical (unpaired) electrons. The number of carbonyl (C=O) groups is 1. The fraction of sp³-hybridized carbons (Fsp3) is 0.933. The lowest BCUT2D eigenvalue weighted by Crippen LogP contribution is -2.59. The molecule has 1 saturated heterocycles. The van der Waals surface area contributed by atoms with Crippen molar-refractivity contribution in [2.45, 2.75) is 27.2 Å². The van der Waals surface area contributed by atoms with Crippen molar-refractivity contribution in [3.05, 3.63) is 0 Å². The minimum absolute atomic E-state index is 0.150. The number of ether oxygens (including phenoxy) is 1. The van der Waals surface area contributed by atoms with E-state index in [2.05, 4.69) is 14.5 Å². The van der Waals surface area contributed by atoms with Gasteiger partial charge < -0.3 is 22.9 Å². The second-order valence-corrected chi connectivity index (χ2v) is 7.97. The average molecular weight is 349 g/mol. The molecule has 0 bridgehead atoms. The largest absolute Gasteiger partial charge is 0.515 e. The molecule has 0 unspecified atom stereocenters. The number of esters is 1.